The van der Waals surface area contributed by atoms with Crippen molar-refractivity contribution in [2.45, 2.75) is 32.7 Å². The Balaban J connectivity index is 1.99. The van der Waals surface area contributed by atoms with Crippen LogP contribution < -0.4 is 0 Å². The topological polar surface area (TPSA) is 44.8 Å². The molecule has 96 valence electrons. The van der Waals surface area contributed by atoms with Gasteiger partial charge in [0.05, 0.1) is 13.2 Å². The molecule has 0 saturated carbocycles. The van der Waals surface area contributed by atoms with Gasteiger partial charge in [-0.15, -0.1) is 0 Å². The molecule has 0 unspecified atom stereocenters. The molecule has 0 aromatic heterocycles. The van der Waals surface area contributed by atoms with Crippen LogP contribution >= 0.6 is 15.9 Å². The molecule has 0 bridgehead atoms. The maximum absolute atomic E-state index is 11.3. The number of ether oxygens (including phenoxy) is 3. The Labute approximate surface area is 109 Å². The quantitative estimate of drug-likeness (QED) is 0.747. The van der Waals surface area contributed by atoms with Gasteiger partial charge in [0.1, 0.15) is 10.6 Å². The van der Waals surface area contributed by atoms with Crippen LogP contribution in [-0.2, 0) is 19.0 Å². The monoisotopic (exact) mass is 304 g/mol. The number of esters is 1. The Morgan fingerprint density at radius 1 is 1.41 bits per heavy atom. The SMILES string of the molecule is CC(C)[C@@H](CC1OCCO1)[C@@H]1C=C(Br)C(=O)O1. The van der Waals surface area contributed by atoms with Gasteiger partial charge in [-0.05, 0) is 27.9 Å². The van der Waals surface area contributed by atoms with E-state index in [-0.39, 0.29) is 24.3 Å². The van der Waals surface area contributed by atoms with Gasteiger partial charge >= 0.3 is 5.97 Å². The summed E-state index contributed by atoms with van der Waals surface area (Å²) in [4.78, 5) is 11.3. The van der Waals surface area contributed by atoms with Crippen molar-refractivity contribution in [2.75, 3.05) is 13.2 Å². The van der Waals surface area contributed by atoms with Crippen molar-refractivity contribution in [2.24, 2.45) is 11.8 Å². The Kier molecular flexibility index (Phi) is 4.22. The van der Waals surface area contributed by atoms with Crippen LogP contribution in [0.15, 0.2) is 10.6 Å². The van der Waals surface area contributed by atoms with Crippen LogP contribution in [0, 0.1) is 11.8 Å². The van der Waals surface area contributed by atoms with Crippen molar-refractivity contribution in [3.8, 4) is 0 Å². The molecule has 1 fully saturated rings. The smallest absolute Gasteiger partial charge is 0.345 e. The summed E-state index contributed by atoms with van der Waals surface area (Å²) in [6.45, 7) is 5.54. The molecule has 0 aromatic carbocycles. The van der Waals surface area contributed by atoms with E-state index in [1.54, 1.807) is 0 Å². The molecular formula is C12H17BrO4. The fraction of sp³-hybridized carbons (Fsp3) is 0.750. The number of hydrogen-bond acceptors (Lipinski definition) is 4. The highest BCUT2D eigenvalue weighted by Crippen LogP contribution is 2.32. The van der Waals surface area contributed by atoms with Crippen LogP contribution in [0.3, 0.4) is 0 Å². The van der Waals surface area contributed by atoms with Gasteiger partial charge in [-0.25, -0.2) is 4.79 Å². The molecule has 2 heterocycles. The molecule has 0 amide bonds. The first-order valence-electron chi connectivity index (χ1n) is 5.89. The zero-order valence-corrected chi connectivity index (χ0v) is 11.6. The second-order valence-corrected chi connectivity index (χ2v) is 5.55. The van der Waals surface area contributed by atoms with Crippen LogP contribution in [0.5, 0.6) is 0 Å². The van der Waals surface area contributed by atoms with Crippen molar-refractivity contribution in [1.29, 1.82) is 0 Å². The molecule has 2 aliphatic rings. The normalized spacial score (nSPS) is 27.4. The van der Waals surface area contributed by atoms with Crippen LogP contribution in [0.1, 0.15) is 20.3 Å². The van der Waals surface area contributed by atoms with Gasteiger partial charge in [0.2, 0.25) is 0 Å². The lowest BCUT2D eigenvalue weighted by Crippen LogP contribution is -2.29. The van der Waals surface area contributed by atoms with E-state index in [1.165, 1.54) is 0 Å². The van der Waals surface area contributed by atoms with Gasteiger partial charge in [-0.3, -0.25) is 0 Å². The summed E-state index contributed by atoms with van der Waals surface area (Å²) in [7, 11) is 0. The molecule has 2 atom stereocenters. The van der Waals surface area contributed by atoms with Crippen molar-refractivity contribution in [3.05, 3.63) is 10.6 Å². The molecule has 0 aliphatic carbocycles. The molecular weight excluding hydrogens is 288 g/mol. The van der Waals surface area contributed by atoms with Crippen molar-refractivity contribution in [1.82, 2.24) is 0 Å². The number of hydrogen-bond donors (Lipinski definition) is 0. The van der Waals surface area contributed by atoms with Crippen LogP contribution in [0.2, 0.25) is 0 Å². The summed E-state index contributed by atoms with van der Waals surface area (Å²) in [5, 5.41) is 0. The molecule has 0 radical (unpaired) electrons. The number of halogens is 1. The zero-order valence-electron chi connectivity index (χ0n) is 10.0. The molecule has 0 spiro atoms. The number of rotatable bonds is 4. The van der Waals surface area contributed by atoms with Crippen molar-refractivity contribution >= 4 is 21.9 Å². The van der Waals surface area contributed by atoms with Crippen molar-refractivity contribution < 1.29 is 19.0 Å². The van der Waals surface area contributed by atoms with E-state index in [9.17, 15) is 4.79 Å². The maximum atomic E-state index is 11.3. The third kappa shape index (κ3) is 3.09. The lowest BCUT2D eigenvalue weighted by molar-refractivity contribution is -0.143. The Bertz CT molecular complexity index is 320. The van der Waals surface area contributed by atoms with Gasteiger partial charge in [0.15, 0.2) is 6.29 Å². The van der Waals surface area contributed by atoms with Gasteiger partial charge in [0.25, 0.3) is 0 Å². The summed E-state index contributed by atoms with van der Waals surface area (Å²) in [6, 6.07) is 0. The largest absolute Gasteiger partial charge is 0.454 e. The van der Waals surface area contributed by atoms with E-state index in [2.05, 4.69) is 29.8 Å². The average molecular weight is 305 g/mol. The van der Waals surface area contributed by atoms with Gasteiger partial charge in [0, 0.05) is 12.3 Å². The van der Waals surface area contributed by atoms with E-state index < -0.39 is 0 Å². The molecule has 0 aromatic rings. The van der Waals surface area contributed by atoms with Crippen LogP contribution in [0.4, 0.5) is 0 Å². The van der Waals surface area contributed by atoms with E-state index in [1.807, 2.05) is 6.08 Å². The third-order valence-electron chi connectivity index (χ3n) is 3.18. The van der Waals surface area contributed by atoms with Crippen LogP contribution in [-0.4, -0.2) is 31.6 Å². The summed E-state index contributed by atoms with van der Waals surface area (Å²) in [5.41, 5.74) is 0. The fourth-order valence-electron chi connectivity index (χ4n) is 2.19. The van der Waals surface area contributed by atoms with Gasteiger partial charge in [-0.1, -0.05) is 13.8 Å². The Hall–Kier alpha value is -0.390. The molecule has 4 nitrogen and oxygen atoms in total. The number of carbonyl (C=O) groups is 1. The minimum atomic E-state index is -0.283. The Morgan fingerprint density at radius 3 is 2.53 bits per heavy atom. The number of carbonyl (C=O) groups excluding carboxylic acids is 1. The van der Waals surface area contributed by atoms with Crippen molar-refractivity contribution in [3.63, 3.8) is 0 Å². The van der Waals surface area contributed by atoms with Gasteiger partial charge in [-0.2, -0.15) is 0 Å². The first-order chi connectivity index (χ1) is 8.08. The van der Waals surface area contributed by atoms with Gasteiger partial charge < -0.3 is 14.2 Å². The zero-order chi connectivity index (χ0) is 12.4. The lowest BCUT2D eigenvalue weighted by Gasteiger charge is -2.27. The second kappa shape index (κ2) is 5.50. The average Bonchev–Trinajstić information content (AvgIpc) is 2.86. The first kappa shape index (κ1) is 13.1. The summed E-state index contributed by atoms with van der Waals surface area (Å²) in [6.07, 6.45) is 2.26. The summed E-state index contributed by atoms with van der Waals surface area (Å²) < 4.78 is 16.7. The second-order valence-electron chi connectivity index (χ2n) is 4.70. The molecule has 1 saturated heterocycles. The summed E-state index contributed by atoms with van der Waals surface area (Å²) >= 11 is 3.20. The number of cyclic esters (lactones) is 1. The molecule has 0 N–H and O–H groups in total. The first-order valence-corrected chi connectivity index (χ1v) is 6.68. The molecule has 17 heavy (non-hydrogen) atoms. The highest BCUT2D eigenvalue weighted by molar-refractivity contribution is 9.12. The lowest BCUT2D eigenvalue weighted by atomic mass is 9.87. The van der Waals surface area contributed by atoms with E-state index in [0.29, 0.717) is 23.6 Å². The van der Waals surface area contributed by atoms with E-state index in [0.717, 1.165) is 6.42 Å². The minimum absolute atomic E-state index is 0.158. The highest BCUT2D eigenvalue weighted by Gasteiger charge is 2.35. The summed E-state index contributed by atoms with van der Waals surface area (Å²) in [5.74, 6) is 0.334. The van der Waals surface area contributed by atoms with Crippen LogP contribution in [0.25, 0.3) is 0 Å². The highest BCUT2D eigenvalue weighted by atomic mass is 79.9. The maximum Gasteiger partial charge on any atom is 0.345 e. The molecule has 2 rings (SSSR count). The molecule has 5 heteroatoms. The minimum Gasteiger partial charge on any atom is -0.454 e. The third-order valence-corrected chi connectivity index (χ3v) is 3.77. The van der Waals surface area contributed by atoms with E-state index >= 15 is 0 Å². The Morgan fingerprint density at radius 2 is 2.06 bits per heavy atom. The predicted octanol–water partition coefficient (Wildman–Crippen LogP) is 2.23. The predicted molar refractivity (Wildman–Crippen MR) is 65.5 cm³/mol. The molecule has 2 aliphatic heterocycles. The standard InChI is InChI=1S/C12H17BrO4/c1-7(2)8(5-11-15-3-4-16-11)10-6-9(13)12(14)17-10/h6-8,10-11H,3-5H2,1-2H3/t8-,10+/m1/s1. The van der Waals surface area contributed by atoms with E-state index in [4.69, 9.17) is 14.2 Å². The fourth-order valence-corrected chi connectivity index (χ4v) is 2.54.